The van der Waals surface area contributed by atoms with Crippen LogP contribution in [0.1, 0.15) is 29.6 Å². The van der Waals surface area contributed by atoms with Crippen molar-refractivity contribution in [1.82, 2.24) is 9.88 Å². The Bertz CT molecular complexity index is 420. The fourth-order valence-electron chi connectivity index (χ4n) is 3.09. The number of carbonyl (C=O) groups is 1. The molecule has 1 amide bonds. The SMILES string of the molecule is O=C(c1ccc(Cl)nc1)N1CC2CCCC2C1. The molecule has 2 atom stereocenters. The molecule has 1 aliphatic carbocycles. The molecule has 3 rings (SSSR count). The molecule has 2 unspecified atom stereocenters. The monoisotopic (exact) mass is 250 g/mol. The number of likely N-dealkylation sites (tertiary alicyclic amines) is 1. The Labute approximate surface area is 106 Å². The lowest BCUT2D eigenvalue weighted by Crippen LogP contribution is -2.29. The van der Waals surface area contributed by atoms with Gasteiger partial charge >= 0.3 is 0 Å². The van der Waals surface area contributed by atoms with Gasteiger partial charge in [-0.15, -0.1) is 0 Å². The van der Waals surface area contributed by atoms with E-state index in [-0.39, 0.29) is 5.91 Å². The summed E-state index contributed by atoms with van der Waals surface area (Å²) in [6.45, 7) is 1.85. The van der Waals surface area contributed by atoms with Crippen LogP contribution in [0.3, 0.4) is 0 Å². The van der Waals surface area contributed by atoms with Crippen molar-refractivity contribution >= 4 is 17.5 Å². The third-order valence-electron chi connectivity index (χ3n) is 3.99. The number of hydrogen-bond acceptors (Lipinski definition) is 2. The molecule has 3 nitrogen and oxygen atoms in total. The second kappa shape index (κ2) is 4.30. The quantitative estimate of drug-likeness (QED) is 0.718. The fourth-order valence-corrected chi connectivity index (χ4v) is 3.20. The molecule has 0 bridgehead atoms. The molecule has 0 radical (unpaired) electrons. The average molecular weight is 251 g/mol. The lowest BCUT2D eigenvalue weighted by molar-refractivity contribution is 0.0780. The van der Waals surface area contributed by atoms with E-state index < -0.39 is 0 Å². The Kier molecular flexibility index (Phi) is 2.79. The van der Waals surface area contributed by atoms with Crippen molar-refractivity contribution in [3.05, 3.63) is 29.0 Å². The van der Waals surface area contributed by atoms with Crippen LogP contribution in [-0.4, -0.2) is 28.9 Å². The van der Waals surface area contributed by atoms with Gasteiger partial charge in [-0.05, 0) is 36.8 Å². The van der Waals surface area contributed by atoms with Gasteiger partial charge in [-0.3, -0.25) is 4.79 Å². The zero-order chi connectivity index (χ0) is 11.8. The number of rotatable bonds is 1. The van der Waals surface area contributed by atoms with E-state index in [1.54, 1.807) is 18.3 Å². The van der Waals surface area contributed by atoms with Crippen LogP contribution in [0.2, 0.25) is 5.15 Å². The number of amides is 1. The van der Waals surface area contributed by atoms with Crippen molar-refractivity contribution < 1.29 is 4.79 Å². The highest BCUT2D eigenvalue weighted by molar-refractivity contribution is 6.29. The van der Waals surface area contributed by atoms with Gasteiger partial charge in [0, 0.05) is 19.3 Å². The summed E-state index contributed by atoms with van der Waals surface area (Å²) in [7, 11) is 0. The summed E-state index contributed by atoms with van der Waals surface area (Å²) in [5, 5.41) is 0.430. The number of aromatic nitrogens is 1. The molecule has 1 saturated carbocycles. The Balaban J connectivity index is 1.73. The standard InChI is InChI=1S/C13H15ClN2O/c14-12-5-4-9(6-15-12)13(17)16-7-10-2-1-3-11(10)8-16/h4-6,10-11H,1-3,7-8H2. The van der Waals surface area contributed by atoms with Gasteiger partial charge in [-0.25, -0.2) is 4.98 Å². The van der Waals surface area contributed by atoms with Crippen LogP contribution in [0.15, 0.2) is 18.3 Å². The van der Waals surface area contributed by atoms with Crippen molar-refractivity contribution in [3.8, 4) is 0 Å². The van der Waals surface area contributed by atoms with Gasteiger partial charge in [0.05, 0.1) is 5.56 Å². The first-order valence-corrected chi connectivity index (χ1v) is 6.52. The van der Waals surface area contributed by atoms with Gasteiger partial charge in [0.15, 0.2) is 0 Å². The smallest absolute Gasteiger partial charge is 0.255 e. The highest BCUT2D eigenvalue weighted by Gasteiger charge is 2.38. The van der Waals surface area contributed by atoms with E-state index in [9.17, 15) is 4.79 Å². The Morgan fingerprint density at radius 1 is 1.29 bits per heavy atom. The van der Waals surface area contributed by atoms with Gasteiger partial charge < -0.3 is 4.90 Å². The molecule has 90 valence electrons. The van der Waals surface area contributed by atoms with Crippen LogP contribution >= 0.6 is 11.6 Å². The summed E-state index contributed by atoms with van der Waals surface area (Å²) in [5.41, 5.74) is 0.648. The lowest BCUT2D eigenvalue weighted by Gasteiger charge is -2.17. The maximum absolute atomic E-state index is 12.2. The van der Waals surface area contributed by atoms with E-state index in [0.717, 1.165) is 24.9 Å². The molecular formula is C13H15ClN2O. The lowest BCUT2D eigenvalue weighted by atomic mass is 10.0. The minimum absolute atomic E-state index is 0.101. The summed E-state index contributed by atoms with van der Waals surface area (Å²) < 4.78 is 0. The molecule has 0 spiro atoms. The highest BCUT2D eigenvalue weighted by atomic mass is 35.5. The van der Waals surface area contributed by atoms with E-state index in [4.69, 9.17) is 11.6 Å². The first kappa shape index (κ1) is 11.0. The molecule has 1 saturated heterocycles. The zero-order valence-corrected chi connectivity index (χ0v) is 10.4. The minimum atomic E-state index is 0.101. The highest BCUT2D eigenvalue weighted by Crippen LogP contribution is 2.38. The van der Waals surface area contributed by atoms with Crippen LogP contribution in [0.4, 0.5) is 0 Å². The molecule has 1 aromatic rings. The average Bonchev–Trinajstić information content (AvgIpc) is 2.89. The molecule has 17 heavy (non-hydrogen) atoms. The Morgan fingerprint density at radius 2 is 2.00 bits per heavy atom. The summed E-state index contributed by atoms with van der Waals surface area (Å²) in [5.74, 6) is 1.57. The number of hydrogen-bond donors (Lipinski definition) is 0. The molecule has 2 aliphatic rings. The van der Waals surface area contributed by atoms with Crippen LogP contribution in [0, 0.1) is 11.8 Å². The number of nitrogens with zero attached hydrogens (tertiary/aromatic N) is 2. The number of halogens is 1. The zero-order valence-electron chi connectivity index (χ0n) is 9.60. The van der Waals surface area contributed by atoms with E-state index in [0.29, 0.717) is 10.7 Å². The second-order valence-corrected chi connectivity index (χ2v) is 5.42. The molecular weight excluding hydrogens is 236 g/mol. The first-order chi connectivity index (χ1) is 8.24. The fraction of sp³-hybridized carbons (Fsp3) is 0.538. The van der Waals surface area contributed by atoms with Crippen LogP contribution in [-0.2, 0) is 0 Å². The predicted molar refractivity (Wildman–Crippen MR) is 66.0 cm³/mol. The van der Waals surface area contributed by atoms with Gasteiger partial charge in [0.2, 0.25) is 0 Å². The first-order valence-electron chi connectivity index (χ1n) is 6.15. The van der Waals surface area contributed by atoms with Crippen molar-refractivity contribution in [2.45, 2.75) is 19.3 Å². The van der Waals surface area contributed by atoms with Gasteiger partial charge in [-0.1, -0.05) is 18.0 Å². The second-order valence-electron chi connectivity index (χ2n) is 5.03. The van der Waals surface area contributed by atoms with Crippen molar-refractivity contribution in [3.63, 3.8) is 0 Å². The van der Waals surface area contributed by atoms with Crippen molar-refractivity contribution in [2.24, 2.45) is 11.8 Å². The van der Waals surface area contributed by atoms with E-state index in [1.807, 2.05) is 4.90 Å². The molecule has 1 aromatic heterocycles. The largest absolute Gasteiger partial charge is 0.338 e. The number of carbonyl (C=O) groups excluding carboxylic acids is 1. The van der Waals surface area contributed by atoms with Gasteiger partial charge in [0.25, 0.3) is 5.91 Å². The third-order valence-corrected chi connectivity index (χ3v) is 4.21. The van der Waals surface area contributed by atoms with Crippen LogP contribution in [0.5, 0.6) is 0 Å². The van der Waals surface area contributed by atoms with E-state index in [1.165, 1.54) is 19.3 Å². The molecule has 1 aliphatic heterocycles. The predicted octanol–water partition coefficient (Wildman–Crippen LogP) is 2.61. The maximum Gasteiger partial charge on any atom is 0.255 e. The summed E-state index contributed by atoms with van der Waals surface area (Å²) in [4.78, 5) is 18.2. The molecule has 2 fully saturated rings. The summed E-state index contributed by atoms with van der Waals surface area (Å²) in [6.07, 6.45) is 5.47. The normalized spacial score (nSPS) is 27.2. The third kappa shape index (κ3) is 2.04. The van der Waals surface area contributed by atoms with E-state index >= 15 is 0 Å². The van der Waals surface area contributed by atoms with Crippen molar-refractivity contribution in [2.75, 3.05) is 13.1 Å². The minimum Gasteiger partial charge on any atom is -0.338 e. The van der Waals surface area contributed by atoms with E-state index in [2.05, 4.69) is 4.98 Å². The molecule has 0 N–H and O–H groups in total. The van der Waals surface area contributed by atoms with Crippen molar-refractivity contribution in [1.29, 1.82) is 0 Å². The Morgan fingerprint density at radius 3 is 2.59 bits per heavy atom. The molecule has 4 heteroatoms. The number of pyridine rings is 1. The summed E-state index contributed by atoms with van der Waals surface area (Å²) >= 11 is 5.72. The van der Waals surface area contributed by atoms with Crippen LogP contribution in [0.25, 0.3) is 0 Å². The topological polar surface area (TPSA) is 33.2 Å². The maximum atomic E-state index is 12.2. The Hall–Kier alpha value is -1.09. The number of fused-ring (bicyclic) bond motifs is 1. The molecule has 0 aromatic carbocycles. The summed E-state index contributed by atoms with van der Waals surface area (Å²) in [6, 6.07) is 3.43. The molecule has 2 heterocycles. The van der Waals surface area contributed by atoms with Gasteiger partial charge in [-0.2, -0.15) is 0 Å². The van der Waals surface area contributed by atoms with Crippen LogP contribution < -0.4 is 0 Å². The van der Waals surface area contributed by atoms with Gasteiger partial charge in [0.1, 0.15) is 5.15 Å².